The lowest BCUT2D eigenvalue weighted by molar-refractivity contribution is 0.452. The maximum absolute atomic E-state index is 12.7. The molecule has 0 bridgehead atoms. The molecular formula is C14H24N2O2S2. The van der Waals surface area contributed by atoms with Gasteiger partial charge in [0, 0.05) is 29.4 Å². The molecule has 1 aromatic heterocycles. The molecule has 1 rings (SSSR count). The smallest absolute Gasteiger partial charge is 0.244 e. The van der Waals surface area contributed by atoms with Crippen molar-refractivity contribution in [1.29, 1.82) is 0 Å². The maximum Gasteiger partial charge on any atom is 0.244 e. The minimum Gasteiger partial charge on any atom is -0.312 e. The molecule has 0 aromatic carbocycles. The van der Waals surface area contributed by atoms with Gasteiger partial charge >= 0.3 is 0 Å². The lowest BCUT2D eigenvalue weighted by Crippen LogP contribution is -2.32. The summed E-state index contributed by atoms with van der Waals surface area (Å²) in [5, 5.41) is 3.22. The van der Waals surface area contributed by atoms with Crippen LogP contribution in [-0.2, 0) is 16.6 Å². The Labute approximate surface area is 126 Å². The topological polar surface area (TPSA) is 49.4 Å². The summed E-state index contributed by atoms with van der Waals surface area (Å²) in [4.78, 5) is 2.32. The van der Waals surface area contributed by atoms with Crippen molar-refractivity contribution >= 4 is 21.4 Å². The maximum atomic E-state index is 12.7. The molecule has 6 heteroatoms. The molecule has 114 valence electrons. The van der Waals surface area contributed by atoms with Crippen molar-refractivity contribution in [2.75, 3.05) is 19.6 Å². The van der Waals surface area contributed by atoms with Crippen LogP contribution in [0.5, 0.6) is 0 Å². The van der Waals surface area contributed by atoms with Crippen LogP contribution in [0.25, 0.3) is 0 Å². The summed E-state index contributed by atoms with van der Waals surface area (Å²) in [6.07, 6.45) is 0. The van der Waals surface area contributed by atoms with Crippen LogP contribution in [0.3, 0.4) is 0 Å². The first-order valence-electron chi connectivity index (χ1n) is 6.77. The van der Waals surface area contributed by atoms with Crippen molar-refractivity contribution in [2.24, 2.45) is 0 Å². The van der Waals surface area contributed by atoms with E-state index in [9.17, 15) is 8.42 Å². The molecule has 0 spiro atoms. The van der Waals surface area contributed by atoms with Gasteiger partial charge in [-0.3, -0.25) is 0 Å². The van der Waals surface area contributed by atoms with E-state index in [2.05, 4.69) is 11.9 Å². The number of nitrogens with one attached hydrogen (secondary N) is 1. The van der Waals surface area contributed by atoms with Crippen LogP contribution >= 0.6 is 11.3 Å². The number of rotatable bonds is 8. The summed E-state index contributed by atoms with van der Waals surface area (Å²) in [6, 6.07) is 1.79. The third-order valence-corrected chi connectivity index (χ3v) is 6.12. The first-order valence-corrected chi connectivity index (χ1v) is 9.03. The Bertz CT molecular complexity index is 562. The second-order valence-electron chi connectivity index (χ2n) is 4.80. The third kappa shape index (κ3) is 4.15. The van der Waals surface area contributed by atoms with Gasteiger partial charge in [0.05, 0.1) is 4.90 Å². The van der Waals surface area contributed by atoms with Gasteiger partial charge in [-0.15, -0.1) is 11.3 Å². The number of aryl methyl sites for hydroxylation is 1. The van der Waals surface area contributed by atoms with E-state index in [1.54, 1.807) is 6.07 Å². The highest BCUT2D eigenvalue weighted by atomic mass is 32.2. The van der Waals surface area contributed by atoms with E-state index >= 15 is 0 Å². The molecule has 1 heterocycles. The zero-order chi connectivity index (χ0) is 15.3. The van der Waals surface area contributed by atoms with Crippen LogP contribution in [0.2, 0.25) is 0 Å². The highest BCUT2D eigenvalue weighted by Crippen LogP contribution is 2.28. The third-order valence-electron chi connectivity index (χ3n) is 2.89. The molecule has 0 amide bonds. The molecule has 0 aliphatic heterocycles. The second kappa shape index (κ2) is 7.36. The number of likely N-dealkylation sites (N-methyl/N-ethyl adjacent to an activating group) is 1. The summed E-state index contributed by atoms with van der Waals surface area (Å²) < 4.78 is 26.8. The van der Waals surface area contributed by atoms with Gasteiger partial charge in [0.25, 0.3) is 0 Å². The van der Waals surface area contributed by atoms with Crippen LogP contribution in [0.1, 0.15) is 30.5 Å². The van der Waals surface area contributed by atoms with Crippen molar-refractivity contribution in [3.05, 3.63) is 28.0 Å². The monoisotopic (exact) mass is 316 g/mol. The molecule has 0 aliphatic rings. The van der Waals surface area contributed by atoms with Crippen LogP contribution in [0, 0.1) is 6.92 Å². The van der Waals surface area contributed by atoms with Crippen LogP contribution in [-0.4, -0.2) is 32.4 Å². The van der Waals surface area contributed by atoms with Crippen molar-refractivity contribution in [1.82, 2.24) is 9.62 Å². The van der Waals surface area contributed by atoms with Crippen LogP contribution in [0.15, 0.2) is 23.1 Å². The molecule has 1 N–H and O–H groups in total. The second-order valence-corrected chi connectivity index (χ2v) is 8.05. The molecule has 0 saturated carbocycles. The first-order chi connectivity index (χ1) is 9.32. The molecule has 0 unspecified atom stereocenters. The van der Waals surface area contributed by atoms with Crippen molar-refractivity contribution in [3.63, 3.8) is 0 Å². The number of sulfonamides is 1. The van der Waals surface area contributed by atoms with Gasteiger partial charge in [-0.2, -0.15) is 4.31 Å². The van der Waals surface area contributed by atoms with Gasteiger partial charge in [-0.05, 0) is 26.5 Å². The van der Waals surface area contributed by atoms with E-state index in [1.807, 2.05) is 27.7 Å². The van der Waals surface area contributed by atoms with Crippen LogP contribution < -0.4 is 5.32 Å². The van der Waals surface area contributed by atoms with E-state index in [4.69, 9.17) is 0 Å². The fourth-order valence-corrected chi connectivity index (χ4v) is 5.00. The Balaban J connectivity index is 3.07. The van der Waals surface area contributed by atoms with Gasteiger partial charge in [0.15, 0.2) is 0 Å². The van der Waals surface area contributed by atoms with Crippen LogP contribution in [0.4, 0.5) is 0 Å². The van der Waals surface area contributed by atoms with Crippen molar-refractivity contribution < 1.29 is 8.42 Å². The predicted molar refractivity (Wildman–Crippen MR) is 85.7 cm³/mol. The van der Waals surface area contributed by atoms with Gasteiger partial charge in [0.1, 0.15) is 0 Å². The highest BCUT2D eigenvalue weighted by Gasteiger charge is 2.26. The van der Waals surface area contributed by atoms with Gasteiger partial charge in [-0.1, -0.05) is 26.0 Å². The minimum absolute atomic E-state index is 0.372. The molecule has 0 aliphatic carbocycles. The van der Waals surface area contributed by atoms with E-state index in [-0.39, 0.29) is 0 Å². The molecule has 0 fully saturated rings. The fourth-order valence-electron chi connectivity index (χ4n) is 1.92. The Morgan fingerprint density at radius 2 is 2.10 bits per heavy atom. The van der Waals surface area contributed by atoms with Crippen molar-refractivity contribution in [2.45, 2.75) is 39.1 Å². The SMILES string of the molecule is C=C(C)CN(CC)S(=O)(=O)c1cc(CNCC)sc1C. The lowest BCUT2D eigenvalue weighted by atomic mass is 10.3. The van der Waals surface area contributed by atoms with E-state index in [0.717, 1.165) is 21.9 Å². The lowest BCUT2D eigenvalue weighted by Gasteiger charge is -2.20. The fraction of sp³-hybridized carbons (Fsp3) is 0.571. The standard InChI is InChI=1S/C14H24N2O2S2/c1-6-15-9-13-8-14(12(5)19-13)20(17,18)16(7-2)10-11(3)4/h8,15H,3,6-7,9-10H2,1-2,4-5H3. The summed E-state index contributed by atoms with van der Waals surface area (Å²) in [6.45, 7) is 13.8. The van der Waals surface area contributed by atoms with Crippen molar-refractivity contribution in [3.8, 4) is 0 Å². The average molecular weight is 316 g/mol. The molecule has 20 heavy (non-hydrogen) atoms. The number of hydrogen-bond acceptors (Lipinski definition) is 4. The molecule has 1 aromatic rings. The summed E-state index contributed by atoms with van der Waals surface area (Å²) in [5.74, 6) is 0. The normalized spacial score (nSPS) is 12.1. The Morgan fingerprint density at radius 3 is 2.60 bits per heavy atom. The zero-order valence-electron chi connectivity index (χ0n) is 12.7. The predicted octanol–water partition coefficient (Wildman–Crippen LogP) is 2.75. The first kappa shape index (κ1) is 17.4. The minimum atomic E-state index is -3.43. The Hall–Kier alpha value is -0.690. The quantitative estimate of drug-likeness (QED) is 0.750. The molecule has 0 radical (unpaired) electrons. The summed E-state index contributed by atoms with van der Waals surface area (Å²) in [7, 11) is -3.43. The summed E-state index contributed by atoms with van der Waals surface area (Å²) >= 11 is 1.54. The van der Waals surface area contributed by atoms with Gasteiger partial charge in [-0.25, -0.2) is 8.42 Å². The van der Waals surface area contributed by atoms with Gasteiger partial charge in [0.2, 0.25) is 10.0 Å². The van der Waals surface area contributed by atoms with E-state index < -0.39 is 10.0 Å². The summed E-state index contributed by atoms with van der Waals surface area (Å²) in [5.41, 5.74) is 0.844. The molecule has 4 nitrogen and oxygen atoms in total. The van der Waals surface area contributed by atoms with Gasteiger partial charge < -0.3 is 5.32 Å². The Kier molecular flexibility index (Phi) is 6.39. The largest absolute Gasteiger partial charge is 0.312 e. The number of nitrogens with zero attached hydrogens (tertiary/aromatic N) is 1. The highest BCUT2D eigenvalue weighted by molar-refractivity contribution is 7.89. The Morgan fingerprint density at radius 1 is 1.45 bits per heavy atom. The zero-order valence-corrected chi connectivity index (χ0v) is 14.3. The number of thiophene rings is 1. The molecule has 0 atom stereocenters. The van der Waals surface area contributed by atoms with E-state index in [0.29, 0.717) is 24.5 Å². The molecular weight excluding hydrogens is 292 g/mol. The van der Waals surface area contributed by atoms with E-state index in [1.165, 1.54) is 15.6 Å². The number of hydrogen-bond donors (Lipinski definition) is 1. The molecule has 0 saturated heterocycles. The average Bonchev–Trinajstić information content (AvgIpc) is 2.75.